The first-order valence-electron chi connectivity index (χ1n) is 5.88. The average molecular weight is 263 g/mol. The van der Waals surface area contributed by atoms with Crippen LogP contribution in [0.15, 0.2) is 36.4 Å². The molecule has 0 radical (unpaired) electrons. The number of benzene rings is 2. The third kappa shape index (κ3) is 2.58. The number of rotatable bonds is 3. The van der Waals surface area contributed by atoms with Gasteiger partial charge in [0.05, 0.1) is 13.2 Å². The fraction of sp³-hybridized carbons (Fsp3) is 0.200. The lowest BCUT2D eigenvalue weighted by Crippen LogP contribution is -2.15. The largest absolute Gasteiger partial charge is 0.497 e. The lowest BCUT2D eigenvalue weighted by atomic mass is 9.95. The first-order chi connectivity index (χ1) is 9.04. The molecule has 0 aliphatic carbocycles. The fourth-order valence-electron chi connectivity index (χ4n) is 2.05. The van der Waals surface area contributed by atoms with Crippen molar-refractivity contribution in [3.63, 3.8) is 0 Å². The summed E-state index contributed by atoms with van der Waals surface area (Å²) in [4.78, 5) is 0. The Balaban J connectivity index is 2.44. The van der Waals surface area contributed by atoms with Crippen molar-refractivity contribution in [2.75, 3.05) is 7.11 Å². The molecular weight excluding hydrogens is 248 g/mol. The Hall–Kier alpha value is -1.94. The van der Waals surface area contributed by atoms with Crippen LogP contribution < -0.4 is 10.5 Å². The number of halogens is 2. The zero-order valence-corrected chi connectivity index (χ0v) is 10.8. The first-order valence-corrected chi connectivity index (χ1v) is 5.88. The van der Waals surface area contributed by atoms with Crippen LogP contribution in [-0.4, -0.2) is 7.11 Å². The van der Waals surface area contributed by atoms with Gasteiger partial charge in [0.1, 0.15) is 5.75 Å². The van der Waals surface area contributed by atoms with Gasteiger partial charge in [-0.3, -0.25) is 0 Å². The van der Waals surface area contributed by atoms with Gasteiger partial charge < -0.3 is 10.5 Å². The number of hydrogen-bond donors (Lipinski definition) is 1. The lowest BCUT2D eigenvalue weighted by molar-refractivity contribution is 0.414. The van der Waals surface area contributed by atoms with Gasteiger partial charge in [-0.1, -0.05) is 18.2 Å². The second-order valence-corrected chi connectivity index (χ2v) is 4.34. The number of aryl methyl sites for hydroxylation is 1. The molecule has 2 N–H and O–H groups in total. The Morgan fingerprint density at radius 2 is 1.84 bits per heavy atom. The van der Waals surface area contributed by atoms with E-state index in [4.69, 9.17) is 10.5 Å². The van der Waals surface area contributed by atoms with Crippen LogP contribution in [0.25, 0.3) is 0 Å². The first kappa shape index (κ1) is 13.5. The molecule has 2 rings (SSSR count). The van der Waals surface area contributed by atoms with Crippen LogP contribution in [-0.2, 0) is 0 Å². The molecule has 2 nitrogen and oxygen atoms in total. The van der Waals surface area contributed by atoms with Gasteiger partial charge in [0, 0.05) is 5.56 Å². The van der Waals surface area contributed by atoms with Crippen molar-refractivity contribution in [1.29, 1.82) is 0 Å². The van der Waals surface area contributed by atoms with Crippen molar-refractivity contribution >= 4 is 0 Å². The van der Waals surface area contributed by atoms with E-state index < -0.39 is 17.7 Å². The maximum absolute atomic E-state index is 13.7. The number of ether oxygens (including phenoxy) is 1. The van der Waals surface area contributed by atoms with Crippen LogP contribution in [0.1, 0.15) is 22.7 Å². The third-order valence-corrected chi connectivity index (χ3v) is 3.13. The summed E-state index contributed by atoms with van der Waals surface area (Å²) < 4.78 is 32.1. The molecule has 1 unspecified atom stereocenters. The predicted octanol–water partition coefficient (Wildman–Crippen LogP) is 3.33. The predicted molar refractivity (Wildman–Crippen MR) is 70.1 cm³/mol. The Morgan fingerprint density at radius 3 is 2.47 bits per heavy atom. The topological polar surface area (TPSA) is 35.2 Å². The van der Waals surface area contributed by atoms with E-state index in [9.17, 15) is 8.78 Å². The van der Waals surface area contributed by atoms with Gasteiger partial charge in [-0.15, -0.1) is 0 Å². The molecule has 0 amide bonds. The monoisotopic (exact) mass is 263 g/mol. The molecule has 0 heterocycles. The molecule has 0 aliphatic heterocycles. The summed E-state index contributed by atoms with van der Waals surface area (Å²) in [5.74, 6) is -1.09. The van der Waals surface area contributed by atoms with Gasteiger partial charge in [0.2, 0.25) is 0 Å². The summed E-state index contributed by atoms with van der Waals surface area (Å²) in [5, 5.41) is 0. The van der Waals surface area contributed by atoms with E-state index in [2.05, 4.69) is 0 Å². The maximum Gasteiger partial charge on any atom is 0.163 e. The Labute approximate surface area is 110 Å². The van der Waals surface area contributed by atoms with E-state index in [1.54, 1.807) is 19.2 Å². The van der Waals surface area contributed by atoms with E-state index in [-0.39, 0.29) is 5.56 Å². The molecule has 0 saturated heterocycles. The van der Waals surface area contributed by atoms with Gasteiger partial charge in [-0.25, -0.2) is 8.78 Å². The highest BCUT2D eigenvalue weighted by molar-refractivity contribution is 5.41. The second-order valence-electron chi connectivity index (χ2n) is 4.34. The summed E-state index contributed by atoms with van der Waals surface area (Å²) in [6, 6.07) is 8.64. The van der Waals surface area contributed by atoms with Crippen LogP contribution in [0.4, 0.5) is 8.78 Å². The van der Waals surface area contributed by atoms with Crippen molar-refractivity contribution in [3.8, 4) is 5.75 Å². The quantitative estimate of drug-likeness (QED) is 0.921. The number of nitrogens with two attached hydrogens (primary N) is 1. The minimum Gasteiger partial charge on any atom is -0.497 e. The average Bonchev–Trinajstić information content (AvgIpc) is 2.41. The Bertz CT molecular complexity index is 599. The molecule has 0 saturated carbocycles. The minimum absolute atomic E-state index is 0.147. The minimum atomic E-state index is -0.898. The summed E-state index contributed by atoms with van der Waals surface area (Å²) in [5.41, 5.74) is 7.79. The summed E-state index contributed by atoms with van der Waals surface area (Å²) in [6.07, 6.45) is 0. The molecule has 100 valence electrons. The maximum atomic E-state index is 13.7. The zero-order valence-electron chi connectivity index (χ0n) is 10.8. The molecule has 0 aliphatic rings. The smallest absolute Gasteiger partial charge is 0.163 e. The standard InChI is InChI=1S/C15H15F2NO/c1-9-8-10(19-2)6-7-11(9)15(18)12-4-3-5-13(16)14(12)17/h3-8,15H,18H2,1-2H3. The van der Waals surface area contributed by atoms with Crippen LogP contribution in [0.2, 0.25) is 0 Å². The van der Waals surface area contributed by atoms with E-state index in [1.165, 1.54) is 12.1 Å². The summed E-state index contributed by atoms with van der Waals surface area (Å²) >= 11 is 0. The van der Waals surface area contributed by atoms with Crippen LogP contribution in [0.3, 0.4) is 0 Å². The van der Waals surface area contributed by atoms with Crippen molar-refractivity contribution in [3.05, 3.63) is 64.7 Å². The molecule has 0 bridgehead atoms. The highest BCUT2D eigenvalue weighted by atomic mass is 19.2. The van der Waals surface area contributed by atoms with E-state index in [0.29, 0.717) is 5.75 Å². The molecule has 4 heteroatoms. The number of hydrogen-bond acceptors (Lipinski definition) is 2. The lowest BCUT2D eigenvalue weighted by Gasteiger charge is -2.17. The zero-order chi connectivity index (χ0) is 14.0. The molecule has 2 aromatic rings. The number of methoxy groups -OCH3 is 1. The molecule has 19 heavy (non-hydrogen) atoms. The van der Waals surface area contributed by atoms with E-state index in [1.807, 2.05) is 13.0 Å². The fourth-order valence-corrected chi connectivity index (χ4v) is 2.05. The Kier molecular flexibility index (Phi) is 3.81. The van der Waals surface area contributed by atoms with Crippen molar-refractivity contribution in [2.24, 2.45) is 5.73 Å². The summed E-state index contributed by atoms with van der Waals surface area (Å²) in [6.45, 7) is 1.86. The van der Waals surface area contributed by atoms with Crippen molar-refractivity contribution in [2.45, 2.75) is 13.0 Å². The van der Waals surface area contributed by atoms with Crippen molar-refractivity contribution in [1.82, 2.24) is 0 Å². The molecule has 0 aromatic heterocycles. The van der Waals surface area contributed by atoms with Crippen molar-refractivity contribution < 1.29 is 13.5 Å². The Morgan fingerprint density at radius 1 is 1.11 bits per heavy atom. The van der Waals surface area contributed by atoms with E-state index in [0.717, 1.165) is 17.2 Å². The van der Waals surface area contributed by atoms with Gasteiger partial charge >= 0.3 is 0 Å². The van der Waals surface area contributed by atoms with Crippen LogP contribution in [0, 0.1) is 18.6 Å². The summed E-state index contributed by atoms with van der Waals surface area (Å²) in [7, 11) is 1.57. The highest BCUT2D eigenvalue weighted by Gasteiger charge is 2.18. The SMILES string of the molecule is COc1ccc(C(N)c2cccc(F)c2F)c(C)c1. The van der Waals surface area contributed by atoms with E-state index >= 15 is 0 Å². The normalized spacial score (nSPS) is 12.3. The van der Waals surface area contributed by atoms with Gasteiger partial charge in [0.15, 0.2) is 11.6 Å². The third-order valence-electron chi connectivity index (χ3n) is 3.13. The van der Waals surface area contributed by atoms with Gasteiger partial charge in [-0.05, 0) is 36.2 Å². The van der Waals surface area contributed by atoms with Gasteiger partial charge in [0.25, 0.3) is 0 Å². The molecule has 0 spiro atoms. The molecular formula is C15H15F2NO. The van der Waals surface area contributed by atoms with Crippen LogP contribution in [0.5, 0.6) is 5.75 Å². The molecule has 0 fully saturated rings. The van der Waals surface area contributed by atoms with Gasteiger partial charge in [-0.2, -0.15) is 0 Å². The van der Waals surface area contributed by atoms with Crippen LogP contribution >= 0.6 is 0 Å². The highest BCUT2D eigenvalue weighted by Crippen LogP contribution is 2.28. The molecule has 1 atom stereocenters. The second kappa shape index (κ2) is 5.36. The molecule has 2 aromatic carbocycles.